The van der Waals surface area contributed by atoms with Crippen LogP contribution in [0.5, 0.6) is 0 Å². The first-order chi connectivity index (χ1) is 16.8. The van der Waals surface area contributed by atoms with Gasteiger partial charge in [0.15, 0.2) is 12.4 Å². The van der Waals surface area contributed by atoms with Gasteiger partial charge in [-0.1, -0.05) is 72.1 Å². The molecule has 0 amide bonds. The Kier molecular flexibility index (Phi) is 12.3. The highest BCUT2D eigenvalue weighted by Crippen LogP contribution is 2.32. The minimum Gasteiger partial charge on any atom is -0.388 e. The molecular weight excluding hydrogens is 523 g/mol. The first-order valence-corrected chi connectivity index (χ1v) is 13.5. The lowest BCUT2D eigenvalue weighted by atomic mass is 10.1. The summed E-state index contributed by atoms with van der Waals surface area (Å²) in [5, 5.41) is 5.26. The van der Waals surface area contributed by atoms with Crippen LogP contribution < -0.4 is 5.73 Å². The average molecular weight is 552 g/mol. The zero-order chi connectivity index (χ0) is 25.8. The number of aryl methyl sites for hydroxylation is 2. The van der Waals surface area contributed by atoms with Crippen LogP contribution in [0.4, 0.5) is 5.82 Å². The van der Waals surface area contributed by atoms with Gasteiger partial charge in [0, 0.05) is 16.1 Å². The number of carbonyl (C=O) groups is 1. The maximum Gasteiger partial charge on any atom is 0.209 e. The van der Waals surface area contributed by atoms with E-state index in [9.17, 15) is 4.79 Å². The van der Waals surface area contributed by atoms with E-state index in [2.05, 4.69) is 46.3 Å². The maximum absolute atomic E-state index is 12.4. The van der Waals surface area contributed by atoms with E-state index in [1.807, 2.05) is 19.9 Å². The maximum atomic E-state index is 12.4. The Morgan fingerprint density at radius 2 is 1.91 bits per heavy atom. The van der Waals surface area contributed by atoms with Gasteiger partial charge in [-0.25, -0.2) is 9.98 Å². The van der Waals surface area contributed by atoms with Crippen molar-refractivity contribution < 1.29 is 9.63 Å². The van der Waals surface area contributed by atoms with Crippen LogP contribution in [0.15, 0.2) is 73.2 Å². The van der Waals surface area contributed by atoms with Gasteiger partial charge in [-0.3, -0.25) is 4.79 Å². The molecule has 4 rings (SSSR count). The Balaban J connectivity index is 0.000000234. The van der Waals surface area contributed by atoms with Crippen LogP contribution in [0.1, 0.15) is 40.5 Å². The molecule has 2 aromatic rings. The van der Waals surface area contributed by atoms with E-state index in [-0.39, 0.29) is 17.2 Å². The summed E-state index contributed by atoms with van der Waals surface area (Å²) >= 11 is 15.1. The number of nitrogens with zero attached hydrogens (tertiary/aromatic N) is 3. The quantitative estimate of drug-likeness (QED) is 0.311. The van der Waals surface area contributed by atoms with Crippen LogP contribution in [-0.2, 0) is 4.84 Å². The molecule has 1 aliphatic carbocycles. The molecule has 0 radical (unpaired) electrons. The van der Waals surface area contributed by atoms with Crippen molar-refractivity contribution in [2.45, 2.75) is 39.0 Å². The molecule has 2 heterocycles. The molecule has 1 aromatic carbocycles. The van der Waals surface area contributed by atoms with Crippen LogP contribution in [-0.4, -0.2) is 35.2 Å². The molecule has 0 bridgehead atoms. The number of carbonyl (C=O) groups excluding carboxylic acids is 1. The van der Waals surface area contributed by atoms with Gasteiger partial charge in [0.25, 0.3) is 0 Å². The van der Waals surface area contributed by atoms with Gasteiger partial charge in [-0.05, 0) is 38.5 Å². The van der Waals surface area contributed by atoms with Gasteiger partial charge in [-0.2, -0.15) is 0 Å². The summed E-state index contributed by atoms with van der Waals surface area (Å²) in [5.74, 6) is 1.43. The van der Waals surface area contributed by atoms with E-state index in [1.165, 1.54) is 21.8 Å². The fourth-order valence-electron chi connectivity index (χ4n) is 2.74. The lowest BCUT2D eigenvalue weighted by molar-refractivity contribution is 0.104. The lowest BCUT2D eigenvalue weighted by Gasteiger charge is -2.05. The second-order valence-corrected chi connectivity index (χ2v) is 9.97. The van der Waals surface area contributed by atoms with Gasteiger partial charge >= 0.3 is 0 Å². The fraction of sp³-hybridized carbons (Fsp3) is 0.280. The standard InChI is InChI=1S/C12H10Cl2N2OS.C11H12N2OS.C2H6/c1-6-16-12(15)11(18-6)10(17)9-7(13)4-2-3-5-8(9)14;1-9-2-4-10(5-3-9)15-8-11-12-6-7-14-13-11;1-2/h2,4-5H,3,15H2,1H3;2-6H,7-8H2,1H3;1-2H3. The number of thiazole rings is 1. The van der Waals surface area contributed by atoms with E-state index in [0.29, 0.717) is 28.0 Å². The number of amidine groups is 1. The molecule has 0 fully saturated rings. The van der Waals surface area contributed by atoms with Crippen LogP contribution in [0.3, 0.4) is 0 Å². The molecule has 1 aliphatic heterocycles. The number of Topliss-reactive ketones (excluding diaryl/α,β-unsaturated/α-hetero) is 1. The number of benzene rings is 1. The number of halogens is 2. The van der Waals surface area contributed by atoms with E-state index >= 15 is 0 Å². The first-order valence-electron chi connectivity index (χ1n) is 11.0. The van der Waals surface area contributed by atoms with Gasteiger partial charge in [0.05, 0.1) is 21.4 Å². The summed E-state index contributed by atoms with van der Waals surface area (Å²) < 4.78 is 0. The number of anilines is 1. The van der Waals surface area contributed by atoms with Crippen molar-refractivity contribution in [3.63, 3.8) is 0 Å². The van der Waals surface area contributed by atoms with Crippen molar-refractivity contribution in [2.75, 3.05) is 18.1 Å². The number of nitrogens with two attached hydrogens (primary N) is 1. The number of thioether (sulfide) groups is 1. The minimum atomic E-state index is -0.282. The summed E-state index contributed by atoms with van der Waals surface area (Å²) in [5.41, 5.74) is 7.26. The van der Waals surface area contributed by atoms with Crippen LogP contribution in [0, 0.1) is 13.8 Å². The number of oxime groups is 1. The van der Waals surface area contributed by atoms with Crippen LogP contribution in [0.2, 0.25) is 0 Å². The molecule has 6 nitrogen and oxygen atoms in total. The van der Waals surface area contributed by atoms with Crippen LogP contribution >= 0.6 is 46.3 Å². The molecule has 1 aromatic heterocycles. The molecular formula is C25H28Cl2N4O2S2. The molecule has 2 aliphatic rings. The summed E-state index contributed by atoms with van der Waals surface area (Å²) in [4.78, 5) is 27.1. The average Bonchev–Trinajstić information content (AvgIpc) is 3.11. The Hall–Kier alpha value is -2.39. The number of allylic oxidation sites excluding steroid dienone is 6. The van der Waals surface area contributed by atoms with Crippen molar-refractivity contribution in [3.8, 4) is 0 Å². The molecule has 186 valence electrons. The molecule has 0 spiro atoms. The van der Waals surface area contributed by atoms with Crippen molar-refractivity contribution >= 4 is 70.0 Å². The van der Waals surface area contributed by atoms with Gasteiger partial charge in [0.2, 0.25) is 5.78 Å². The normalized spacial score (nSPS) is 14.5. The number of ketones is 1. The number of aromatic nitrogens is 1. The third-order valence-electron chi connectivity index (χ3n) is 4.32. The Morgan fingerprint density at radius 3 is 2.51 bits per heavy atom. The monoisotopic (exact) mass is 550 g/mol. The molecule has 0 atom stereocenters. The number of nitrogen functional groups attached to an aromatic ring is 1. The van der Waals surface area contributed by atoms with E-state index < -0.39 is 0 Å². The van der Waals surface area contributed by atoms with Gasteiger partial charge < -0.3 is 10.6 Å². The first kappa shape index (κ1) is 28.8. The highest BCUT2D eigenvalue weighted by Gasteiger charge is 2.24. The molecule has 10 heteroatoms. The Bertz CT molecular complexity index is 1170. The second-order valence-electron chi connectivity index (χ2n) is 6.91. The summed E-state index contributed by atoms with van der Waals surface area (Å²) in [6.45, 7) is 8.36. The summed E-state index contributed by atoms with van der Waals surface area (Å²) in [6, 6.07) is 8.41. The van der Waals surface area contributed by atoms with E-state index in [1.54, 1.807) is 37.1 Å². The third-order valence-corrected chi connectivity index (χ3v) is 6.97. The highest BCUT2D eigenvalue weighted by atomic mass is 35.5. The summed E-state index contributed by atoms with van der Waals surface area (Å²) in [7, 11) is 0. The van der Waals surface area contributed by atoms with Gasteiger partial charge in [0.1, 0.15) is 10.7 Å². The SMILES string of the molecule is CC.Cc1ccc(SCC2=NOCC=N2)cc1.Cc1nc(N)c(C(=O)C2=C(Cl)C=CCC=C2Cl)s1. The van der Waals surface area contributed by atoms with E-state index in [0.717, 1.165) is 16.6 Å². The predicted molar refractivity (Wildman–Crippen MR) is 151 cm³/mol. The van der Waals surface area contributed by atoms with Crippen molar-refractivity contribution in [1.82, 2.24) is 4.98 Å². The predicted octanol–water partition coefficient (Wildman–Crippen LogP) is 7.32. The molecule has 35 heavy (non-hydrogen) atoms. The lowest BCUT2D eigenvalue weighted by Crippen LogP contribution is -2.07. The Labute approximate surface area is 224 Å². The van der Waals surface area contributed by atoms with Gasteiger partial charge in [-0.15, -0.1) is 23.1 Å². The number of hydrogen-bond donors (Lipinski definition) is 1. The minimum absolute atomic E-state index is 0.220. The number of rotatable bonds is 5. The molecule has 2 N–H and O–H groups in total. The Morgan fingerprint density at radius 1 is 1.20 bits per heavy atom. The molecule has 0 unspecified atom stereocenters. The zero-order valence-corrected chi connectivity index (χ0v) is 23.2. The van der Waals surface area contributed by atoms with Crippen molar-refractivity contribution in [2.24, 2.45) is 10.1 Å². The number of hydrogen-bond acceptors (Lipinski definition) is 8. The third kappa shape index (κ3) is 8.96. The largest absolute Gasteiger partial charge is 0.388 e. The summed E-state index contributed by atoms with van der Waals surface area (Å²) in [6.07, 6.45) is 7.63. The fourth-order valence-corrected chi connectivity index (χ4v) is 4.87. The van der Waals surface area contributed by atoms with Crippen molar-refractivity contribution in [3.05, 3.63) is 73.6 Å². The molecule has 0 saturated heterocycles. The zero-order valence-electron chi connectivity index (χ0n) is 20.0. The topological polar surface area (TPSA) is 89.9 Å². The van der Waals surface area contributed by atoms with Crippen molar-refractivity contribution in [1.29, 1.82) is 0 Å². The number of aliphatic imine (C=N–C) groups is 1. The molecule has 0 saturated carbocycles. The second kappa shape index (κ2) is 14.9. The van der Waals surface area contributed by atoms with E-state index in [4.69, 9.17) is 33.8 Å². The smallest absolute Gasteiger partial charge is 0.209 e. The highest BCUT2D eigenvalue weighted by molar-refractivity contribution is 8.00. The van der Waals surface area contributed by atoms with Crippen LogP contribution in [0.25, 0.3) is 0 Å².